The number of carbonyl (C=O) groups is 1. The summed E-state index contributed by atoms with van der Waals surface area (Å²) in [6.07, 6.45) is 4.01. The largest absolute Gasteiger partial charge is 0.341 e. The van der Waals surface area contributed by atoms with Gasteiger partial charge in [-0.05, 0) is 36.9 Å². The van der Waals surface area contributed by atoms with Gasteiger partial charge in [0.25, 0.3) is 0 Å². The molecule has 1 aliphatic heterocycles. The molecule has 1 saturated heterocycles. The van der Waals surface area contributed by atoms with E-state index in [9.17, 15) is 4.79 Å². The zero-order chi connectivity index (χ0) is 13.7. The van der Waals surface area contributed by atoms with Crippen LogP contribution in [0.1, 0.15) is 37.3 Å². The van der Waals surface area contributed by atoms with Crippen molar-refractivity contribution in [2.45, 2.75) is 45.2 Å². The number of nitrogens with zero attached hydrogens (tertiary/aromatic N) is 1. The van der Waals surface area contributed by atoms with E-state index in [-0.39, 0.29) is 5.91 Å². The third kappa shape index (κ3) is 4.06. The summed E-state index contributed by atoms with van der Waals surface area (Å²) in [5.41, 5.74) is 2.54. The molecule has 0 bridgehead atoms. The highest BCUT2D eigenvalue weighted by molar-refractivity contribution is 5.76. The molecule has 0 aromatic heterocycles. The first-order valence-corrected chi connectivity index (χ1v) is 7.24. The van der Waals surface area contributed by atoms with Gasteiger partial charge in [-0.25, -0.2) is 0 Å². The summed E-state index contributed by atoms with van der Waals surface area (Å²) in [6, 6.07) is 8.92. The van der Waals surface area contributed by atoms with Crippen LogP contribution in [0.15, 0.2) is 24.3 Å². The monoisotopic (exact) mass is 260 g/mol. The van der Waals surface area contributed by atoms with Gasteiger partial charge < -0.3 is 10.2 Å². The molecule has 3 heteroatoms. The molecule has 0 saturated carbocycles. The van der Waals surface area contributed by atoms with Crippen LogP contribution in [0.2, 0.25) is 0 Å². The first-order chi connectivity index (χ1) is 9.19. The van der Waals surface area contributed by atoms with E-state index in [2.05, 4.69) is 36.5 Å². The van der Waals surface area contributed by atoms with Crippen molar-refractivity contribution in [3.8, 4) is 0 Å². The Morgan fingerprint density at radius 1 is 1.32 bits per heavy atom. The van der Waals surface area contributed by atoms with Crippen molar-refractivity contribution in [3.05, 3.63) is 35.4 Å². The molecule has 1 heterocycles. The molecule has 1 N–H and O–H groups in total. The molecule has 2 rings (SSSR count). The minimum Gasteiger partial charge on any atom is -0.341 e. The zero-order valence-corrected chi connectivity index (χ0v) is 12.0. The number of hydrogen-bond acceptors (Lipinski definition) is 2. The second kappa shape index (κ2) is 6.71. The highest BCUT2D eigenvalue weighted by Crippen LogP contribution is 2.12. The summed E-state index contributed by atoms with van der Waals surface area (Å²) in [7, 11) is 1.89. The van der Waals surface area contributed by atoms with Gasteiger partial charge in [-0.3, -0.25) is 4.79 Å². The fourth-order valence-corrected chi connectivity index (χ4v) is 2.54. The summed E-state index contributed by atoms with van der Waals surface area (Å²) in [5, 5.41) is 3.37. The van der Waals surface area contributed by atoms with Gasteiger partial charge in [0.1, 0.15) is 0 Å². The Labute approximate surface area is 116 Å². The van der Waals surface area contributed by atoms with Crippen molar-refractivity contribution in [2.24, 2.45) is 0 Å². The van der Waals surface area contributed by atoms with E-state index in [1.165, 1.54) is 17.5 Å². The van der Waals surface area contributed by atoms with Gasteiger partial charge in [-0.1, -0.05) is 31.2 Å². The van der Waals surface area contributed by atoms with Gasteiger partial charge in [-0.2, -0.15) is 0 Å². The van der Waals surface area contributed by atoms with Crippen molar-refractivity contribution < 1.29 is 4.79 Å². The Hall–Kier alpha value is -1.35. The predicted molar refractivity (Wildman–Crippen MR) is 77.9 cm³/mol. The summed E-state index contributed by atoms with van der Waals surface area (Å²) in [4.78, 5) is 13.9. The van der Waals surface area contributed by atoms with Crippen LogP contribution in [0.3, 0.4) is 0 Å². The number of hydrogen-bond donors (Lipinski definition) is 1. The maximum Gasteiger partial charge on any atom is 0.224 e. The van der Waals surface area contributed by atoms with E-state index in [0.717, 1.165) is 19.4 Å². The number of benzene rings is 1. The van der Waals surface area contributed by atoms with Crippen LogP contribution in [0.25, 0.3) is 0 Å². The molecular weight excluding hydrogens is 236 g/mol. The minimum atomic E-state index is 0.235. The normalized spacial score (nSPS) is 18.5. The van der Waals surface area contributed by atoms with E-state index in [1.54, 1.807) is 0 Å². The third-order valence-electron chi connectivity index (χ3n) is 3.86. The Balaban J connectivity index is 1.84. The maximum atomic E-state index is 12.1. The number of nitrogens with one attached hydrogen (secondary N) is 1. The van der Waals surface area contributed by atoms with Crippen molar-refractivity contribution in [3.63, 3.8) is 0 Å². The summed E-state index contributed by atoms with van der Waals surface area (Å²) in [5.74, 6) is 0.235. The molecule has 1 atom stereocenters. The lowest BCUT2D eigenvalue weighted by Gasteiger charge is -2.19. The number of rotatable bonds is 5. The van der Waals surface area contributed by atoms with E-state index in [1.807, 2.05) is 11.9 Å². The highest BCUT2D eigenvalue weighted by Gasteiger charge is 2.19. The SMILES string of the molecule is CCc1ccc(CN(C)C(=O)CC2CCCN2)cc1. The molecule has 0 aliphatic carbocycles. The average Bonchev–Trinajstić information content (AvgIpc) is 2.92. The average molecular weight is 260 g/mol. The van der Waals surface area contributed by atoms with Gasteiger partial charge >= 0.3 is 0 Å². The quantitative estimate of drug-likeness (QED) is 0.881. The first-order valence-electron chi connectivity index (χ1n) is 7.24. The lowest BCUT2D eigenvalue weighted by molar-refractivity contribution is -0.130. The van der Waals surface area contributed by atoms with Gasteiger partial charge in [0.2, 0.25) is 5.91 Å². The van der Waals surface area contributed by atoms with Gasteiger partial charge in [0, 0.05) is 26.1 Å². The van der Waals surface area contributed by atoms with E-state index >= 15 is 0 Å². The zero-order valence-electron chi connectivity index (χ0n) is 12.0. The van der Waals surface area contributed by atoms with Gasteiger partial charge in [0.15, 0.2) is 0 Å². The maximum absolute atomic E-state index is 12.1. The summed E-state index contributed by atoms with van der Waals surface area (Å²) in [6.45, 7) is 3.91. The highest BCUT2D eigenvalue weighted by atomic mass is 16.2. The number of carbonyl (C=O) groups excluding carboxylic acids is 1. The fraction of sp³-hybridized carbons (Fsp3) is 0.562. The molecule has 0 spiro atoms. The van der Waals surface area contributed by atoms with Crippen LogP contribution in [-0.2, 0) is 17.8 Å². The number of amides is 1. The third-order valence-corrected chi connectivity index (χ3v) is 3.86. The second-order valence-corrected chi connectivity index (χ2v) is 5.42. The van der Waals surface area contributed by atoms with E-state index in [0.29, 0.717) is 19.0 Å². The standard InChI is InChI=1S/C16H24N2O/c1-3-13-6-8-14(9-7-13)12-18(2)16(19)11-15-5-4-10-17-15/h6-9,15,17H,3-5,10-12H2,1-2H3. The van der Waals surface area contributed by atoms with Crippen molar-refractivity contribution in [1.29, 1.82) is 0 Å². The molecule has 1 aromatic carbocycles. The number of aryl methyl sites for hydroxylation is 1. The van der Waals surface area contributed by atoms with E-state index in [4.69, 9.17) is 0 Å². The van der Waals surface area contributed by atoms with Crippen LogP contribution < -0.4 is 5.32 Å². The predicted octanol–water partition coefficient (Wildman–Crippen LogP) is 2.35. The topological polar surface area (TPSA) is 32.3 Å². The second-order valence-electron chi connectivity index (χ2n) is 5.42. The van der Waals surface area contributed by atoms with Crippen LogP contribution in [0, 0.1) is 0 Å². The van der Waals surface area contributed by atoms with Crippen molar-refractivity contribution in [2.75, 3.05) is 13.6 Å². The Morgan fingerprint density at radius 2 is 2.00 bits per heavy atom. The molecule has 104 valence electrons. The molecule has 1 amide bonds. The fourth-order valence-electron chi connectivity index (χ4n) is 2.54. The Bertz CT molecular complexity index is 407. The molecule has 0 radical (unpaired) electrons. The van der Waals surface area contributed by atoms with Crippen molar-refractivity contribution in [1.82, 2.24) is 10.2 Å². The summed E-state index contributed by atoms with van der Waals surface area (Å²) < 4.78 is 0. The first kappa shape index (κ1) is 14.1. The molecule has 1 unspecified atom stereocenters. The minimum absolute atomic E-state index is 0.235. The molecule has 3 nitrogen and oxygen atoms in total. The van der Waals surface area contributed by atoms with E-state index < -0.39 is 0 Å². The van der Waals surface area contributed by atoms with Gasteiger partial charge in [0.05, 0.1) is 0 Å². The van der Waals surface area contributed by atoms with Crippen LogP contribution in [-0.4, -0.2) is 30.4 Å². The molecule has 1 aromatic rings. The Morgan fingerprint density at radius 3 is 2.58 bits per heavy atom. The smallest absolute Gasteiger partial charge is 0.224 e. The van der Waals surface area contributed by atoms with Crippen LogP contribution in [0.5, 0.6) is 0 Å². The molecular formula is C16H24N2O. The molecule has 1 aliphatic rings. The molecule has 19 heavy (non-hydrogen) atoms. The summed E-state index contributed by atoms with van der Waals surface area (Å²) >= 11 is 0. The lowest BCUT2D eigenvalue weighted by atomic mass is 10.1. The van der Waals surface area contributed by atoms with Crippen LogP contribution >= 0.6 is 0 Å². The lowest BCUT2D eigenvalue weighted by Crippen LogP contribution is -2.33. The van der Waals surface area contributed by atoms with Gasteiger partial charge in [-0.15, -0.1) is 0 Å². The van der Waals surface area contributed by atoms with Crippen LogP contribution in [0.4, 0.5) is 0 Å². The molecule has 1 fully saturated rings. The Kier molecular flexibility index (Phi) is 4.97. The van der Waals surface area contributed by atoms with Crippen molar-refractivity contribution >= 4 is 5.91 Å².